The van der Waals surface area contributed by atoms with E-state index in [1.165, 1.54) is 11.3 Å². The van der Waals surface area contributed by atoms with Crippen LogP contribution in [0.4, 0.5) is 11.4 Å². The van der Waals surface area contributed by atoms with Crippen LogP contribution < -0.4 is 10.1 Å². The zero-order valence-corrected chi connectivity index (χ0v) is 12.7. The van der Waals surface area contributed by atoms with Crippen LogP contribution in [0.2, 0.25) is 0 Å². The monoisotopic (exact) mass is 307 g/mol. The van der Waals surface area contributed by atoms with Crippen molar-refractivity contribution in [2.24, 2.45) is 0 Å². The Balaban J connectivity index is 2.12. The molecule has 1 aromatic carbocycles. The minimum absolute atomic E-state index is 0.0236. The number of nitrogens with zero attached hydrogens (tertiary/aromatic N) is 2. The summed E-state index contributed by atoms with van der Waals surface area (Å²) in [6.45, 7) is 4.26. The first-order valence-corrected chi connectivity index (χ1v) is 7.57. The highest BCUT2D eigenvalue weighted by molar-refractivity contribution is 7.07. The Bertz CT molecular complexity index is 600. The Kier molecular flexibility index (Phi) is 5.10. The van der Waals surface area contributed by atoms with Gasteiger partial charge in [-0.15, -0.1) is 11.3 Å². The van der Waals surface area contributed by atoms with Crippen LogP contribution >= 0.6 is 11.3 Å². The van der Waals surface area contributed by atoms with Gasteiger partial charge in [-0.25, -0.2) is 4.98 Å². The predicted molar refractivity (Wildman–Crippen MR) is 83.2 cm³/mol. The molecular weight excluding hydrogens is 290 g/mol. The van der Waals surface area contributed by atoms with Gasteiger partial charge in [0.2, 0.25) is 0 Å². The first kappa shape index (κ1) is 15.2. The molecule has 112 valence electrons. The summed E-state index contributed by atoms with van der Waals surface area (Å²) in [5, 5.41) is 16.3. The Morgan fingerprint density at radius 2 is 2.29 bits per heavy atom. The molecule has 0 saturated heterocycles. The van der Waals surface area contributed by atoms with E-state index in [0.29, 0.717) is 12.2 Å². The maximum atomic E-state index is 11.3. The molecule has 0 amide bonds. The van der Waals surface area contributed by atoms with Gasteiger partial charge in [0.05, 0.1) is 22.2 Å². The summed E-state index contributed by atoms with van der Waals surface area (Å²) in [7, 11) is 0. The molecule has 6 nitrogen and oxygen atoms in total. The fraction of sp³-hybridized carbons (Fsp3) is 0.357. The summed E-state index contributed by atoms with van der Waals surface area (Å²) in [4.78, 5) is 15.1. The summed E-state index contributed by atoms with van der Waals surface area (Å²) in [5.41, 5.74) is 3.19. The molecule has 7 heteroatoms. The highest BCUT2D eigenvalue weighted by Gasteiger charge is 2.21. The van der Waals surface area contributed by atoms with E-state index in [1.807, 2.05) is 19.2 Å². The van der Waals surface area contributed by atoms with Gasteiger partial charge in [0.1, 0.15) is 5.69 Å². The van der Waals surface area contributed by atoms with Crippen molar-refractivity contribution in [3.63, 3.8) is 0 Å². The van der Waals surface area contributed by atoms with Gasteiger partial charge in [-0.1, -0.05) is 6.07 Å². The van der Waals surface area contributed by atoms with Gasteiger partial charge in [-0.3, -0.25) is 10.1 Å². The van der Waals surface area contributed by atoms with Crippen molar-refractivity contribution in [2.75, 3.05) is 11.9 Å². The van der Waals surface area contributed by atoms with E-state index >= 15 is 0 Å². The van der Waals surface area contributed by atoms with E-state index < -0.39 is 4.92 Å². The van der Waals surface area contributed by atoms with Gasteiger partial charge in [0.15, 0.2) is 5.75 Å². The lowest BCUT2D eigenvalue weighted by atomic mass is 10.2. The Hall–Kier alpha value is -2.15. The molecule has 0 aliphatic heterocycles. The van der Waals surface area contributed by atoms with Gasteiger partial charge in [0.25, 0.3) is 0 Å². The second kappa shape index (κ2) is 7.03. The van der Waals surface area contributed by atoms with E-state index in [1.54, 1.807) is 23.7 Å². The molecule has 0 atom stereocenters. The van der Waals surface area contributed by atoms with Gasteiger partial charge in [0, 0.05) is 18.3 Å². The van der Waals surface area contributed by atoms with Crippen molar-refractivity contribution >= 4 is 22.7 Å². The number of hydrogen-bond acceptors (Lipinski definition) is 6. The Morgan fingerprint density at radius 3 is 2.90 bits per heavy atom. The minimum Gasteiger partial charge on any atom is -0.484 e. The molecule has 0 fully saturated rings. The average Bonchev–Trinajstić information content (AvgIpc) is 2.91. The molecule has 1 N–H and O–H groups in total. The van der Waals surface area contributed by atoms with Crippen molar-refractivity contribution in [3.8, 4) is 5.75 Å². The molecule has 2 rings (SSSR count). The average molecular weight is 307 g/mol. The normalized spacial score (nSPS) is 10.6. The fourth-order valence-corrected chi connectivity index (χ4v) is 2.48. The topological polar surface area (TPSA) is 77.3 Å². The second-order valence-corrected chi connectivity index (χ2v) is 5.45. The van der Waals surface area contributed by atoms with Crippen LogP contribution in [-0.2, 0) is 6.42 Å². The molecule has 0 aliphatic rings. The number of nitro groups is 1. The van der Waals surface area contributed by atoms with Crippen LogP contribution in [0.25, 0.3) is 0 Å². The number of para-hydroxylation sites is 1. The smallest absolute Gasteiger partial charge is 0.333 e. The highest BCUT2D eigenvalue weighted by Crippen LogP contribution is 2.35. The Labute approximate surface area is 126 Å². The van der Waals surface area contributed by atoms with Crippen molar-refractivity contribution in [1.29, 1.82) is 0 Å². The van der Waals surface area contributed by atoms with Gasteiger partial charge in [-0.2, -0.15) is 0 Å². The van der Waals surface area contributed by atoms with Crippen LogP contribution in [0.5, 0.6) is 5.75 Å². The fourth-order valence-electron chi connectivity index (χ4n) is 1.89. The number of ether oxygens (including phenoxy) is 1. The third-order valence-corrected chi connectivity index (χ3v) is 3.36. The molecule has 0 spiro atoms. The predicted octanol–water partition coefficient (Wildman–Crippen LogP) is 3.49. The van der Waals surface area contributed by atoms with Crippen LogP contribution in [0, 0.1) is 10.1 Å². The van der Waals surface area contributed by atoms with E-state index in [-0.39, 0.29) is 17.5 Å². The van der Waals surface area contributed by atoms with Crippen molar-refractivity contribution in [1.82, 2.24) is 4.98 Å². The van der Waals surface area contributed by atoms with Crippen LogP contribution in [0.1, 0.15) is 19.5 Å². The molecule has 21 heavy (non-hydrogen) atoms. The summed E-state index contributed by atoms with van der Waals surface area (Å²) in [5.74, 6) is 0.286. The molecule has 0 aliphatic carbocycles. The highest BCUT2D eigenvalue weighted by atomic mass is 32.1. The van der Waals surface area contributed by atoms with E-state index in [4.69, 9.17) is 4.74 Å². The number of nitrogens with one attached hydrogen (secondary N) is 1. The minimum atomic E-state index is -0.414. The number of aromatic nitrogens is 1. The molecule has 0 unspecified atom stereocenters. The zero-order valence-electron chi connectivity index (χ0n) is 11.9. The molecule has 0 saturated carbocycles. The molecular formula is C14H17N3O3S. The molecule has 1 heterocycles. The van der Waals surface area contributed by atoms with E-state index in [2.05, 4.69) is 10.3 Å². The van der Waals surface area contributed by atoms with Gasteiger partial charge < -0.3 is 10.1 Å². The number of thiazole rings is 1. The summed E-state index contributed by atoms with van der Waals surface area (Å²) >= 11 is 1.54. The van der Waals surface area contributed by atoms with Gasteiger partial charge in [-0.05, 0) is 26.0 Å². The van der Waals surface area contributed by atoms with E-state index in [9.17, 15) is 10.1 Å². The standard InChI is InChI=1S/C14H17N3O3S/c1-10(2)20-13-5-3-4-12(14(13)17(18)19)15-7-6-11-8-21-9-16-11/h3-5,8-10,15H,6-7H2,1-2H3. The lowest BCUT2D eigenvalue weighted by Gasteiger charge is -2.13. The number of nitro benzene ring substituents is 1. The summed E-state index contributed by atoms with van der Waals surface area (Å²) in [6, 6.07) is 5.05. The van der Waals surface area contributed by atoms with Crippen molar-refractivity contribution in [2.45, 2.75) is 26.4 Å². The van der Waals surface area contributed by atoms with Gasteiger partial charge >= 0.3 is 5.69 Å². The molecule has 0 bridgehead atoms. The largest absolute Gasteiger partial charge is 0.484 e. The van der Waals surface area contributed by atoms with Crippen molar-refractivity contribution in [3.05, 3.63) is 44.9 Å². The van der Waals surface area contributed by atoms with E-state index in [0.717, 1.165) is 12.1 Å². The zero-order chi connectivity index (χ0) is 15.2. The number of anilines is 1. The summed E-state index contributed by atoms with van der Waals surface area (Å²) < 4.78 is 5.51. The molecule has 2 aromatic rings. The molecule has 0 radical (unpaired) electrons. The van der Waals surface area contributed by atoms with Crippen LogP contribution in [0.15, 0.2) is 29.1 Å². The Morgan fingerprint density at radius 1 is 1.48 bits per heavy atom. The third-order valence-electron chi connectivity index (χ3n) is 2.72. The first-order chi connectivity index (χ1) is 10.1. The number of benzene rings is 1. The lowest BCUT2D eigenvalue weighted by molar-refractivity contribution is -0.385. The van der Waals surface area contributed by atoms with Crippen LogP contribution in [-0.4, -0.2) is 22.6 Å². The second-order valence-electron chi connectivity index (χ2n) is 4.73. The molecule has 1 aromatic heterocycles. The SMILES string of the molecule is CC(C)Oc1cccc(NCCc2cscn2)c1[N+](=O)[O-]. The maximum Gasteiger partial charge on any atom is 0.333 e. The number of hydrogen-bond donors (Lipinski definition) is 1. The number of rotatable bonds is 7. The third kappa shape index (κ3) is 4.16. The van der Waals surface area contributed by atoms with Crippen LogP contribution in [0.3, 0.4) is 0 Å². The first-order valence-electron chi connectivity index (χ1n) is 6.63. The maximum absolute atomic E-state index is 11.3. The van der Waals surface area contributed by atoms with Crippen molar-refractivity contribution < 1.29 is 9.66 Å². The summed E-state index contributed by atoms with van der Waals surface area (Å²) in [6.07, 6.45) is 0.601. The quantitative estimate of drug-likeness (QED) is 0.626. The lowest BCUT2D eigenvalue weighted by Crippen LogP contribution is -2.10.